The Labute approximate surface area is 338 Å². The number of fused-ring (bicyclic) bond motifs is 2. The predicted octanol–water partition coefficient (Wildman–Crippen LogP) is 9.23. The van der Waals surface area contributed by atoms with Crippen LogP contribution in [0.15, 0.2) is 85.2 Å². The van der Waals surface area contributed by atoms with Crippen molar-refractivity contribution in [2.24, 2.45) is 0 Å². The van der Waals surface area contributed by atoms with Crippen molar-refractivity contribution in [3.8, 4) is 0 Å². The molecule has 0 spiro atoms. The zero-order chi connectivity index (χ0) is 39.0. The number of nitrogens with one attached hydrogen (secondary N) is 8. The summed E-state index contributed by atoms with van der Waals surface area (Å²) in [6.45, 7) is 1.80. The van der Waals surface area contributed by atoms with Crippen LogP contribution in [0.25, 0.3) is 21.8 Å². The molecule has 0 bridgehead atoms. The normalized spacial score (nSPS) is 18.0. The van der Waals surface area contributed by atoms with Crippen molar-refractivity contribution in [1.29, 1.82) is 0 Å². The summed E-state index contributed by atoms with van der Waals surface area (Å²) in [5, 5.41) is 35.7. The van der Waals surface area contributed by atoms with Crippen molar-refractivity contribution in [2.45, 2.75) is 62.7 Å². The number of carbonyl (C=O) groups excluding carboxylic acids is 2. The summed E-state index contributed by atoms with van der Waals surface area (Å²) in [5.74, 6) is -0.420. The highest BCUT2D eigenvalue weighted by molar-refractivity contribution is 6.42. The fourth-order valence-electron chi connectivity index (χ4n) is 7.28. The van der Waals surface area contributed by atoms with Crippen molar-refractivity contribution in [3.05, 3.63) is 117 Å². The van der Waals surface area contributed by atoms with Crippen molar-refractivity contribution in [2.75, 3.05) is 23.7 Å². The van der Waals surface area contributed by atoms with Gasteiger partial charge in [0.15, 0.2) is 0 Å². The summed E-state index contributed by atoms with van der Waals surface area (Å²) < 4.78 is 13.9. The summed E-state index contributed by atoms with van der Waals surface area (Å²) in [7, 11) is 0. The van der Waals surface area contributed by atoms with Crippen LogP contribution in [0.3, 0.4) is 0 Å². The van der Waals surface area contributed by atoms with Gasteiger partial charge in [0.05, 0.1) is 45.6 Å². The largest absolute Gasteiger partial charge is 0.329 e. The molecule has 4 aromatic carbocycles. The van der Waals surface area contributed by atoms with Gasteiger partial charge in [0.1, 0.15) is 5.82 Å². The maximum atomic E-state index is 13.9. The van der Waals surface area contributed by atoms with Crippen LogP contribution in [0.2, 0.25) is 15.1 Å². The molecule has 0 saturated carbocycles. The van der Waals surface area contributed by atoms with Crippen LogP contribution in [0.4, 0.5) is 25.4 Å². The van der Waals surface area contributed by atoms with E-state index in [0.29, 0.717) is 32.0 Å². The number of piperidine rings is 2. The number of halogens is 4. The lowest BCUT2D eigenvalue weighted by atomic mass is 9.92. The summed E-state index contributed by atoms with van der Waals surface area (Å²) in [4.78, 5) is 25.4. The molecule has 0 unspecified atom stereocenters. The monoisotopic (exact) mass is 818 g/mol. The molecule has 2 fully saturated rings. The zero-order valence-electron chi connectivity index (χ0n) is 30.3. The number of aromatic amines is 2. The second kappa shape index (κ2) is 18.4. The van der Waals surface area contributed by atoms with Crippen molar-refractivity contribution in [1.82, 2.24) is 41.7 Å². The highest BCUT2D eigenvalue weighted by atomic mass is 35.5. The minimum atomic E-state index is -0.420. The number of amides is 4. The molecule has 4 atom stereocenters. The number of hydrogen-bond acceptors (Lipinski definition) is 6. The van der Waals surface area contributed by atoms with E-state index in [9.17, 15) is 14.0 Å². The molecule has 4 heterocycles. The van der Waals surface area contributed by atoms with Crippen LogP contribution in [0.1, 0.15) is 61.7 Å². The first kappa shape index (κ1) is 39.3. The molecule has 292 valence electrons. The number of carbonyl (C=O) groups is 2. The third-order valence-corrected chi connectivity index (χ3v) is 11.0. The van der Waals surface area contributed by atoms with Gasteiger partial charge < -0.3 is 31.9 Å². The summed E-state index contributed by atoms with van der Waals surface area (Å²) in [6.07, 6.45) is 9.69. The highest BCUT2D eigenvalue weighted by Crippen LogP contribution is 2.30. The average Bonchev–Trinajstić information content (AvgIpc) is 3.87. The van der Waals surface area contributed by atoms with Crippen molar-refractivity contribution in [3.63, 3.8) is 0 Å². The number of hydrogen-bond donors (Lipinski definition) is 8. The number of urea groups is 2. The van der Waals surface area contributed by atoms with Gasteiger partial charge in [-0.15, -0.1) is 0 Å². The smallest absolute Gasteiger partial charge is 0.319 e. The van der Waals surface area contributed by atoms with E-state index >= 15 is 0 Å². The highest BCUT2D eigenvalue weighted by Gasteiger charge is 2.28. The number of benzene rings is 4. The second-order valence-electron chi connectivity index (χ2n) is 14.0. The van der Waals surface area contributed by atoms with Gasteiger partial charge in [-0.3, -0.25) is 10.2 Å². The third kappa shape index (κ3) is 10.1. The number of H-pyrrole nitrogens is 2. The SMILES string of the molecule is O=C(Nc1ccc2[nH]ncc2c1)N[C@@H](c1cc(F)cc(Cl)c1)[C@@H]1CCCCN1.O=C(Nc1ccc2[nH]ncc2c1)N[C@@H](c1ccc(Cl)c(Cl)c1)[C@@H]1CCCCN1. The molecule has 12 nitrogen and oxygen atoms in total. The molecule has 2 aliphatic heterocycles. The van der Waals surface area contributed by atoms with E-state index < -0.39 is 11.9 Å². The van der Waals surface area contributed by atoms with Gasteiger partial charge in [-0.1, -0.05) is 53.7 Å². The molecule has 8 N–H and O–H groups in total. The Hall–Kier alpha value is -4.92. The molecule has 2 aliphatic rings. The number of aromatic nitrogens is 4. The Morgan fingerprint density at radius 3 is 1.70 bits per heavy atom. The predicted molar refractivity (Wildman–Crippen MR) is 221 cm³/mol. The standard InChI is InChI=1S/C20H21Cl2N5O.C20H21ClFN5O/c21-15-6-4-12(10-16(15)22)19(18-3-1-2-8-23-18)26-20(28)25-14-5-7-17-13(9-14)11-24-27-17;21-14-7-12(8-15(22)10-14)19(18-3-1-2-6-23-18)26-20(28)25-16-4-5-17-13(9-16)11-24-27-17/h4-7,9-11,18-19,23H,1-3,8H2,(H,24,27)(H2,25,26,28);4-5,7-11,18-19,23H,1-3,6H2,(H,24,27)(H2,25,26,28)/t2*18-,19-/m00/s1. The summed E-state index contributed by atoms with van der Waals surface area (Å²) in [5.41, 5.74) is 4.74. The molecule has 6 aromatic rings. The summed E-state index contributed by atoms with van der Waals surface area (Å²) >= 11 is 18.3. The third-order valence-electron chi connectivity index (χ3n) is 10.0. The molecule has 16 heteroatoms. The molecule has 8 rings (SSSR count). The van der Waals surface area contributed by atoms with Gasteiger partial charge in [-0.2, -0.15) is 10.2 Å². The van der Waals surface area contributed by atoms with E-state index in [1.807, 2.05) is 42.5 Å². The van der Waals surface area contributed by atoms with Crippen LogP contribution in [-0.4, -0.2) is 57.6 Å². The first-order valence-corrected chi connectivity index (χ1v) is 19.7. The Morgan fingerprint density at radius 2 is 1.20 bits per heavy atom. The molecular weight excluding hydrogens is 778 g/mol. The quantitative estimate of drug-likeness (QED) is 0.0763. The fraction of sp³-hybridized carbons (Fsp3) is 0.300. The van der Waals surface area contributed by atoms with E-state index in [0.717, 1.165) is 79.0 Å². The van der Waals surface area contributed by atoms with Gasteiger partial charge in [-0.05, 0) is 117 Å². The molecule has 2 saturated heterocycles. The Bertz CT molecular complexity index is 2270. The van der Waals surface area contributed by atoms with Crippen LogP contribution in [0.5, 0.6) is 0 Å². The first-order valence-electron chi connectivity index (χ1n) is 18.6. The second-order valence-corrected chi connectivity index (χ2v) is 15.2. The van der Waals surface area contributed by atoms with Gasteiger partial charge >= 0.3 is 12.1 Å². The van der Waals surface area contributed by atoms with Gasteiger partial charge in [0.25, 0.3) is 0 Å². The van der Waals surface area contributed by atoms with E-state index in [4.69, 9.17) is 34.8 Å². The van der Waals surface area contributed by atoms with Gasteiger partial charge in [0, 0.05) is 39.3 Å². The molecule has 2 aromatic heterocycles. The molecule has 56 heavy (non-hydrogen) atoms. The average molecular weight is 820 g/mol. The first-order chi connectivity index (χ1) is 27.2. The van der Waals surface area contributed by atoms with E-state index in [-0.39, 0.29) is 30.2 Å². The van der Waals surface area contributed by atoms with Crippen LogP contribution < -0.4 is 31.9 Å². The minimum absolute atomic E-state index is 0.00807. The maximum Gasteiger partial charge on any atom is 0.319 e. The zero-order valence-corrected chi connectivity index (χ0v) is 32.5. The van der Waals surface area contributed by atoms with Crippen molar-refractivity contribution >= 4 is 80.0 Å². The maximum absolute atomic E-state index is 13.9. The lowest BCUT2D eigenvalue weighted by molar-refractivity contribution is 0.240. The Balaban J connectivity index is 0.000000172. The van der Waals surface area contributed by atoms with Crippen molar-refractivity contribution < 1.29 is 14.0 Å². The number of rotatable bonds is 8. The Kier molecular flexibility index (Phi) is 12.9. The molecular formula is C40H42Cl3FN10O2. The fourth-order valence-corrected chi connectivity index (χ4v) is 7.81. The lowest BCUT2D eigenvalue weighted by Gasteiger charge is -2.32. The molecule has 4 amide bonds. The van der Waals surface area contributed by atoms with Gasteiger partial charge in [-0.25, -0.2) is 14.0 Å². The van der Waals surface area contributed by atoms with E-state index in [1.54, 1.807) is 30.6 Å². The van der Waals surface area contributed by atoms with Crippen LogP contribution in [0, 0.1) is 5.82 Å². The topological polar surface area (TPSA) is 164 Å². The Morgan fingerprint density at radius 1 is 0.643 bits per heavy atom. The van der Waals surface area contributed by atoms with Crippen LogP contribution in [-0.2, 0) is 0 Å². The molecule has 0 aliphatic carbocycles. The van der Waals surface area contributed by atoms with E-state index in [2.05, 4.69) is 52.3 Å². The van der Waals surface area contributed by atoms with Gasteiger partial charge in [0.2, 0.25) is 0 Å². The number of nitrogens with zero attached hydrogens (tertiary/aromatic N) is 2. The number of anilines is 2. The minimum Gasteiger partial charge on any atom is -0.329 e. The lowest BCUT2D eigenvalue weighted by Crippen LogP contribution is -2.47. The summed E-state index contributed by atoms with van der Waals surface area (Å²) in [6, 6.07) is 19.9. The van der Waals surface area contributed by atoms with E-state index in [1.165, 1.54) is 12.1 Å². The van der Waals surface area contributed by atoms with Crippen LogP contribution >= 0.6 is 34.8 Å². The molecule has 0 radical (unpaired) electrons.